The molecule has 4 rings (SSSR count). The van der Waals surface area contributed by atoms with E-state index in [-0.39, 0.29) is 5.75 Å². The number of carbonyl (C=O) groups is 1. The second-order valence-corrected chi connectivity index (χ2v) is 11.4. The molecule has 33 heavy (non-hydrogen) atoms. The molecule has 11 heteroatoms. The van der Waals surface area contributed by atoms with E-state index in [2.05, 4.69) is 21.2 Å². The molecule has 0 unspecified atom stereocenters. The molecule has 5 nitrogen and oxygen atoms in total. The first-order chi connectivity index (χ1) is 15.6. The fourth-order valence-corrected chi connectivity index (χ4v) is 4.66. The molecule has 0 aliphatic rings. The average Bonchev–Trinajstić information content (AvgIpc) is 3.14. The van der Waals surface area contributed by atoms with Crippen molar-refractivity contribution in [3.05, 3.63) is 85.5 Å². The van der Waals surface area contributed by atoms with Crippen LogP contribution in [0, 0.1) is 0 Å². The Hall–Kier alpha value is -1.74. The van der Waals surface area contributed by atoms with Crippen LogP contribution >= 0.6 is 73.7 Å². The molecule has 4 aromatic rings. The lowest BCUT2D eigenvalue weighted by Crippen LogP contribution is -2.47. The van der Waals surface area contributed by atoms with Gasteiger partial charge in [-0.3, -0.25) is 4.79 Å². The highest BCUT2D eigenvalue weighted by Gasteiger charge is 2.37. The van der Waals surface area contributed by atoms with Crippen molar-refractivity contribution in [2.75, 3.05) is 0 Å². The van der Waals surface area contributed by atoms with E-state index >= 15 is 0 Å². The molecule has 0 aliphatic carbocycles. The predicted molar refractivity (Wildman–Crippen MR) is 137 cm³/mol. The lowest BCUT2D eigenvalue weighted by Gasteiger charge is -2.27. The Balaban J connectivity index is 1.77. The van der Waals surface area contributed by atoms with E-state index < -0.39 is 20.9 Å². The largest absolute Gasteiger partial charge is 0.465 e. The average molecular weight is 608 g/mol. The van der Waals surface area contributed by atoms with Crippen LogP contribution in [-0.4, -0.2) is 15.9 Å². The number of ether oxygens (including phenoxy) is 1. The Morgan fingerprint density at radius 2 is 1.76 bits per heavy atom. The predicted octanol–water partition coefficient (Wildman–Crippen LogP) is 7.44. The summed E-state index contributed by atoms with van der Waals surface area (Å²) < 4.78 is 10.6. The summed E-state index contributed by atoms with van der Waals surface area (Å²) >= 11 is 29.1. The molecule has 0 spiro atoms. The lowest BCUT2D eigenvalue weighted by atomic mass is 10.0. The van der Waals surface area contributed by atoms with Crippen molar-refractivity contribution < 1.29 is 13.9 Å². The minimum Gasteiger partial charge on any atom is -0.465 e. The minimum atomic E-state index is -2.03. The maximum absolute atomic E-state index is 12.8. The van der Waals surface area contributed by atoms with Gasteiger partial charge in [-0.25, -0.2) is 4.79 Å². The first-order valence-electron chi connectivity index (χ1n) is 9.25. The van der Waals surface area contributed by atoms with Crippen molar-refractivity contribution in [3.8, 4) is 16.9 Å². The Bertz CT molecular complexity index is 1380. The molecule has 0 fully saturated rings. The van der Waals surface area contributed by atoms with Crippen molar-refractivity contribution in [1.82, 2.24) is 5.32 Å². The molecule has 0 saturated carbocycles. The van der Waals surface area contributed by atoms with Crippen LogP contribution < -0.4 is 15.0 Å². The summed E-state index contributed by atoms with van der Waals surface area (Å²) in [5, 5.41) is 3.02. The number of benzene rings is 3. The van der Waals surface area contributed by atoms with Crippen LogP contribution in [0.25, 0.3) is 21.4 Å². The van der Waals surface area contributed by atoms with E-state index in [1.165, 1.54) is 0 Å². The summed E-state index contributed by atoms with van der Waals surface area (Å²) in [4.78, 5) is 24.2. The number of halogens is 5. The van der Waals surface area contributed by atoms with Crippen molar-refractivity contribution in [1.29, 1.82) is 0 Å². The molecule has 1 amide bonds. The lowest BCUT2D eigenvalue weighted by molar-refractivity contribution is 0.0834. The first-order valence-corrected chi connectivity index (χ1v) is 12.4. The van der Waals surface area contributed by atoms with Crippen LogP contribution in [0.15, 0.2) is 74.3 Å². The van der Waals surface area contributed by atoms with Gasteiger partial charge in [0, 0.05) is 26.2 Å². The minimum absolute atomic E-state index is 0.236. The number of alkyl halides is 3. The van der Waals surface area contributed by atoms with Crippen LogP contribution in [-0.2, 0) is 0 Å². The summed E-state index contributed by atoms with van der Waals surface area (Å²) in [5.41, 5.74) is 1.76. The summed E-state index contributed by atoms with van der Waals surface area (Å²) in [5.74, 6) is -0.271. The van der Waals surface area contributed by atoms with Gasteiger partial charge in [-0.15, -0.1) is 0 Å². The van der Waals surface area contributed by atoms with Crippen molar-refractivity contribution >= 4 is 89.9 Å². The topological polar surface area (TPSA) is 68.5 Å². The third kappa shape index (κ3) is 5.50. The number of fused-ring (bicyclic) bond motifs is 1. The maximum Gasteiger partial charge on any atom is 0.396 e. The number of rotatable bonds is 5. The smallest absolute Gasteiger partial charge is 0.396 e. The summed E-state index contributed by atoms with van der Waals surface area (Å²) in [6.07, 6.45) is -1.37. The van der Waals surface area contributed by atoms with Gasteiger partial charge in [0.1, 0.15) is 11.3 Å². The van der Waals surface area contributed by atoms with Crippen LogP contribution in [0.3, 0.4) is 0 Å². The summed E-state index contributed by atoms with van der Waals surface area (Å²) in [7, 11) is 0. The Morgan fingerprint density at radius 3 is 2.42 bits per heavy atom. The number of hydrogen-bond acceptors (Lipinski definition) is 5. The van der Waals surface area contributed by atoms with Crippen molar-refractivity contribution in [3.63, 3.8) is 0 Å². The van der Waals surface area contributed by atoms with Gasteiger partial charge in [0.15, 0.2) is 0 Å². The highest BCUT2D eigenvalue weighted by atomic mass is 79.9. The fourth-order valence-electron chi connectivity index (χ4n) is 3.05. The molecule has 1 heterocycles. The number of carbonyl (C=O) groups excluding carboxylic acids is 1. The zero-order chi connectivity index (χ0) is 23.8. The number of nitrogens with one attached hydrogen (secondary N) is 1. The molecule has 1 atom stereocenters. The van der Waals surface area contributed by atoms with E-state index in [0.29, 0.717) is 32.0 Å². The highest BCUT2D eigenvalue weighted by Crippen LogP contribution is 2.43. The molecule has 1 N–H and O–H groups in total. The second-order valence-electron chi connectivity index (χ2n) is 6.72. The van der Waals surface area contributed by atoms with Gasteiger partial charge in [0.05, 0.1) is 4.70 Å². The normalized spacial score (nSPS) is 12.5. The fraction of sp³-hybridized carbons (Fsp3) is 0.0909. The van der Waals surface area contributed by atoms with E-state index in [4.69, 9.17) is 55.6 Å². The molecular weight excluding hydrogens is 596 g/mol. The van der Waals surface area contributed by atoms with E-state index in [9.17, 15) is 9.59 Å². The zero-order valence-corrected chi connectivity index (χ0v) is 21.7. The van der Waals surface area contributed by atoms with Gasteiger partial charge in [0.2, 0.25) is 10.0 Å². The van der Waals surface area contributed by atoms with Crippen molar-refractivity contribution in [2.24, 2.45) is 0 Å². The third-order valence-corrected chi connectivity index (χ3v) is 6.83. The molecule has 0 bridgehead atoms. The Kier molecular flexibility index (Phi) is 7.29. The molecule has 0 aliphatic heterocycles. The van der Waals surface area contributed by atoms with Gasteiger partial charge >= 0.3 is 4.94 Å². The molecular formula is C22H12BrCl4NO4S. The Morgan fingerprint density at radius 1 is 1.06 bits per heavy atom. The number of hydrogen-bond donors (Lipinski definition) is 1. The molecule has 0 saturated heterocycles. The zero-order valence-electron chi connectivity index (χ0n) is 16.3. The van der Waals surface area contributed by atoms with Gasteiger partial charge in [-0.1, -0.05) is 91.9 Å². The van der Waals surface area contributed by atoms with Crippen LogP contribution in [0.1, 0.15) is 10.4 Å². The van der Waals surface area contributed by atoms with E-state index in [1.807, 2.05) is 0 Å². The van der Waals surface area contributed by atoms with Crippen LogP contribution in [0.4, 0.5) is 0 Å². The van der Waals surface area contributed by atoms with Gasteiger partial charge < -0.3 is 14.5 Å². The Labute approximate surface area is 220 Å². The van der Waals surface area contributed by atoms with E-state index in [1.54, 1.807) is 60.7 Å². The number of amides is 1. The second kappa shape index (κ2) is 9.86. The summed E-state index contributed by atoms with van der Waals surface area (Å²) in [6, 6.07) is 16.8. The van der Waals surface area contributed by atoms with Gasteiger partial charge in [-0.2, -0.15) is 0 Å². The first kappa shape index (κ1) is 24.4. The van der Waals surface area contributed by atoms with E-state index in [0.717, 1.165) is 15.8 Å². The standard InChI is InChI=1S/C22H12BrCl4NO4S/c23-12-7-5-11(6-8-12)19(29)28-20(22(25,26)27)31-15-9-10-16-18(33-21(30)32-16)17(15)13-3-1-2-4-14(13)24/h1-10,20H,(H,28,29)/t20-/m1/s1. The SMILES string of the molecule is O=C(N[C@H](Oc1ccc2oc(=O)sc2c1-c1ccccc1Cl)C(Cl)(Cl)Cl)c1ccc(Br)cc1. The monoisotopic (exact) mass is 605 g/mol. The third-order valence-electron chi connectivity index (χ3n) is 4.52. The van der Waals surface area contributed by atoms with Crippen LogP contribution in [0.2, 0.25) is 5.02 Å². The molecule has 0 radical (unpaired) electrons. The molecule has 3 aromatic carbocycles. The van der Waals surface area contributed by atoms with Crippen molar-refractivity contribution in [2.45, 2.75) is 10.0 Å². The summed E-state index contributed by atoms with van der Waals surface area (Å²) in [6.45, 7) is 0. The maximum atomic E-state index is 12.8. The van der Waals surface area contributed by atoms with Gasteiger partial charge in [0.25, 0.3) is 5.91 Å². The highest BCUT2D eigenvalue weighted by molar-refractivity contribution is 9.10. The molecule has 170 valence electrons. The van der Waals surface area contributed by atoms with Gasteiger partial charge in [-0.05, 0) is 42.5 Å². The quantitative estimate of drug-likeness (QED) is 0.189. The van der Waals surface area contributed by atoms with Crippen LogP contribution in [0.5, 0.6) is 5.75 Å². The molecule has 1 aromatic heterocycles.